The van der Waals surface area contributed by atoms with Gasteiger partial charge >= 0.3 is 0 Å². The number of nitrogens with one attached hydrogen (secondary N) is 1. The lowest BCUT2D eigenvalue weighted by atomic mass is 10.1. The molecule has 0 saturated heterocycles. The summed E-state index contributed by atoms with van der Waals surface area (Å²) in [6, 6.07) is 3.72. The van der Waals surface area contributed by atoms with E-state index in [1.54, 1.807) is 12.3 Å². The number of aromatic nitrogens is 1. The summed E-state index contributed by atoms with van der Waals surface area (Å²) in [5, 5.41) is 3.21. The van der Waals surface area contributed by atoms with Crippen molar-refractivity contribution in [2.75, 3.05) is 6.54 Å². The molecule has 1 aromatic carbocycles. The van der Waals surface area contributed by atoms with E-state index in [1.165, 1.54) is 6.20 Å². The Bertz CT molecular complexity index is 576. The summed E-state index contributed by atoms with van der Waals surface area (Å²) in [5.74, 6) is -3.86. The normalized spacial score (nSPS) is 10.8. The van der Waals surface area contributed by atoms with Crippen LogP contribution in [0.5, 0.6) is 0 Å². The van der Waals surface area contributed by atoms with Gasteiger partial charge in [-0.25, -0.2) is 13.2 Å². The fraction of sp³-hybridized carbons (Fsp3) is 0.267. The Kier molecular flexibility index (Phi) is 4.74. The summed E-state index contributed by atoms with van der Waals surface area (Å²) in [7, 11) is 0. The molecular weight excluding hydrogens is 265 g/mol. The van der Waals surface area contributed by atoms with Crippen molar-refractivity contribution in [3.05, 3.63) is 53.6 Å². The third-order valence-corrected chi connectivity index (χ3v) is 2.87. The first kappa shape index (κ1) is 14.5. The Morgan fingerprint density at radius 3 is 2.35 bits per heavy atom. The van der Waals surface area contributed by atoms with Gasteiger partial charge in [-0.15, -0.1) is 0 Å². The largest absolute Gasteiger partial charge is 0.313 e. The third-order valence-electron chi connectivity index (χ3n) is 2.87. The zero-order valence-corrected chi connectivity index (χ0v) is 11.1. The van der Waals surface area contributed by atoms with E-state index in [4.69, 9.17) is 0 Å². The molecule has 0 fully saturated rings. The fourth-order valence-electron chi connectivity index (χ4n) is 1.87. The van der Waals surface area contributed by atoms with Crippen LogP contribution in [0.3, 0.4) is 0 Å². The van der Waals surface area contributed by atoms with Crippen LogP contribution in [0.4, 0.5) is 13.2 Å². The molecule has 1 N–H and O–H groups in total. The molecule has 0 radical (unpaired) electrons. The standard InChI is InChI=1S/C15H15F3N2/c1-2-3-19-7-10-4-12(9-20-8-10)11-5-13(16)15(18)14(17)6-11/h4-6,8-9,19H,2-3,7H2,1H3. The Hall–Kier alpha value is -1.88. The van der Waals surface area contributed by atoms with Gasteiger partial charge in [0.15, 0.2) is 17.5 Å². The number of halogens is 3. The van der Waals surface area contributed by atoms with Crippen molar-refractivity contribution >= 4 is 0 Å². The second kappa shape index (κ2) is 6.52. The van der Waals surface area contributed by atoms with Crippen LogP contribution in [0, 0.1) is 17.5 Å². The van der Waals surface area contributed by atoms with Gasteiger partial charge in [0.1, 0.15) is 0 Å². The smallest absolute Gasteiger partial charge is 0.194 e. The van der Waals surface area contributed by atoms with Gasteiger partial charge in [0.25, 0.3) is 0 Å². The van der Waals surface area contributed by atoms with Crippen LogP contribution in [-0.4, -0.2) is 11.5 Å². The van der Waals surface area contributed by atoms with Crippen LogP contribution in [0.1, 0.15) is 18.9 Å². The predicted molar refractivity (Wildman–Crippen MR) is 71.5 cm³/mol. The maximum Gasteiger partial charge on any atom is 0.194 e. The van der Waals surface area contributed by atoms with E-state index in [1.807, 2.05) is 0 Å². The molecule has 0 aliphatic heterocycles. The van der Waals surface area contributed by atoms with Crippen LogP contribution in [0.2, 0.25) is 0 Å². The zero-order chi connectivity index (χ0) is 14.5. The average molecular weight is 280 g/mol. The summed E-state index contributed by atoms with van der Waals surface area (Å²) in [4.78, 5) is 4.04. The Morgan fingerprint density at radius 1 is 1.00 bits per heavy atom. The van der Waals surface area contributed by atoms with Gasteiger partial charge in [0, 0.05) is 24.5 Å². The molecular formula is C15H15F3N2. The highest BCUT2D eigenvalue weighted by molar-refractivity contribution is 5.63. The summed E-state index contributed by atoms with van der Waals surface area (Å²) < 4.78 is 39.4. The zero-order valence-electron chi connectivity index (χ0n) is 11.1. The molecule has 2 rings (SSSR count). The second-order valence-electron chi connectivity index (χ2n) is 4.51. The molecule has 0 aliphatic rings. The molecule has 0 bridgehead atoms. The minimum atomic E-state index is -1.46. The van der Waals surface area contributed by atoms with E-state index >= 15 is 0 Å². The predicted octanol–water partition coefficient (Wildman–Crippen LogP) is 3.67. The highest BCUT2D eigenvalue weighted by atomic mass is 19.2. The van der Waals surface area contributed by atoms with E-state index in [9.17, 15) is 13.2 Å². The van der Waals surface area contributed by atoms with Gasteiger partial charge in [-0.1, -0.05) is 6.92 Å². The number of nitrogens with zero attached hydrogens (tertiary/aromatic N) is 1. The molecule has 5 heteroatoms. The third kappa shape index (κ3) is 3.36. The maximum atomic E-state index is 13.2. The van der Waals surface area contributed by atoms with E-state index in [2.05, 4.69) is 17.2 Å². The van der Waals surface area contributed by atoms with Crippen molar-refractivity contribution < 1.29 is 13.2 Å². The molecule has 0 atom stereocenters. The molecule has 1 aromatic heterocycles. The number of hydrogen-bond acceptors (Lipinski definition) is 2. The molecule has 2 aromatic rings. The minimum Gasteiger partial charge on any atom is -0.313 e. The van der Waals surface area contributed by atoms with Crippen molar-refractivity contribution in [3.63, 3.8) is 0 Å². The van der Waals surface area contributed by atoms with E-state index in [-0.39, 0.29) is 5.56 Å². The highest BCUT2D eigenvalue weighted by Gasteiger charge is 2.12. The van der Waals surface area contributed by atoms with Gasteiger partial charge in [-0.3, -0.25) is 4.98 Å². The Morgan fingerprint density at radius 2 is 1.70 bits per heavy atom. The van der Waals surface area contributed by atoms with Gasteiger partial charge < -0.3 is 5.32 Å². The number of hydrogen-bond donors (Lipinski definition) is 1. The number of rotatable bonds is 5. The summed E-state index contributed by atoms with van der Waals surface area (Å²) in [5.41, 5.74) is 1.73. The maximum absolute atomic E-state index is 13.2. The molecule has 106 valence electrons. The van der Waals surface area contributed by atoms with Crippen molar-refractivity contribution in [2.45, 2.75) is 19.9 Å². The topological polar surface area (TPSA) is 24.9 Å². The van der Waals surface area contributed by atoms with Crippen LogP contribution in [0.25, 0.3) is 11.1 Å². The van der Waals surface area contributed by atoms with Crippen molar-refractivity contribution in [2.24, 2.45) is 0 Å². The summed E-state index contributed by atoms with van der Waals surface area (Å²) in [6.07, 6.45) is 4.19. The Labute approximate surface area is 115 Å². The lowest BCUT2D eigenvalue weighted by molar-refractivity contribution is 0.447. The molecule has 0 aliphatic carbocycles. The molecule has 0 spiro atoms. The molecule has 2 nitrogen and oxygen atoms in total. The molecule has 0 saturated carbocycles. The highest BCUT2D eigenvalue weighted by Crippen LogP contribution is 2.23. The SMILES string of the molecule is CCCNCc1cncc(-c2cc(F)c(F)c(F)c2)c1. The van der Waals surface area contributed by atoms with Crippen LogP contribution < -0.4 is 5.32 Å². The van der Waals surface area contributed by atoms with Gasteiger partial charge in [-0.2, -0.15) is 0 Å². The lowest BCUT2D eigenvalue weighted by Crippen LogP contribution is -2.13. The number of benzene rings is 1. The van der Waals surface area contributed by atoms with Gasteiger partial charge in [0.2, 0.25) is 0 Å². The second-order valence-corrected chi connectivity index (χ2v) is 4.51. The fourth-order valence-corrected chi connectivity index (χ4v) is 1.87. The van der Waals surface area contributed by atoms with E-state index in [0.29, 0.717) is 12.1 Å². The van der Waals surface area contributed by atoms with E-state index < -0.39 is 17.5 Å². The van der Waals surface area contributed by atoms with Gasteiger partial charge in [0.05, 0.1) is 0 Å². The molecule has 0 unspecified atom stereocenters. The summed E-state index contributed by atoms with van der Waals surface area (Å²) in [6.45, 7) is 3.57. The first-order valence-corrected chi connectivity index (χ1v) is 6.41. The number of pyridine rings is 1. The van der Waals surface area contributed by atoms with Crippen molar-refractivity contribution in [3.8, 4) is 11.1 Å². The monoisotopic (exact) mass is 280 g/mol. The van der Waals surface area contributed by atoms with E-state index in [0.717, 1.165) is 30.7 Å². The van der Waals surface area contributed by atoms with Crippen molar-refractivity contribution in [1.29, 1.82) is 0 Å². The molecule has 0 amide bonds. The first-order valence-electron chi connectivity index (χ1n) is 6.41. The lowest BCUT2D eigenvalue weighted by Gasteiger charge is -2.07. The van der Waals surface area contributed by atoms with Crippen LogP contribution in [-0.2, 0) is 6.54 Å². The Balaban J connectivity index is 2.26. The van der Waals surface area contributed by atoms with Crippen LogP contribution >= 0.6 is 0 Å². The molecule has 20 heavy (non-hydrogen) atoms. The quantitative estimate of drug-likeness (QED) is 0.667. The van der Waals surface area contributed by atoms with Gasteiger partial charge in [-0.05, 0) is 42.3 Å². The minimum absolute atomic E-state index is 0.270. The molecule has 1 heterocycles. The first-order chi connectivity index (χ1) is 9.61. The summed E-state index contributed by atoms with van der Waals surface area (Å²) >= 11 is 0. The average Bonchev–Trinajstić information content (AvgIpc) is 2.45. The van der Waals surface area contributed by atoms with Crippen molar-refractivity contribution in [1.82, 2.24) is 10.3 Å². The van der Waals surface area contributed by atoms with Crippen LogP contribution in [0.15, 0.2) is 30.6 Å².